The minimum atomic E-state index is -4.83. The van der Waals surface area contributed by atoms with E-state index < -0.39 is 46.4 Å². The summed E-state index contributed by atoms with van der Waals surface area (Å²) in [6, 6.07) is 0.585. The lowest BCUT2D eigenvalue weighted by molar-refractivity contribution is -0.143. The maximum absolute atomic E-state index is 12.9. The fourth-order valence-corrected chi connectivity index (χ4v) is 2.16. The first-order valence-corrected chi connectivity index (χ1v) is 6.16. The highest BCUT2D eigenvalue weighted by Crippen LogP contribution is 2.38. The van der Waals surface area contributed by atoms with Crippen LogP contribution in [0.5, 0.6) is 0 Å². The van der Waals surface area contributed by atoms with Gasteiger partial charge in [-0.25, -0.2) is 8.78 Å². The first-order valence-electron chi connectivity index (χ1n) is 5.37. The summed E-state index contributed by atoms with van der Waals surface area (Å²) in [7, 11) is 0. The fraction of sp³-hybridized carbons (Fsp3) is 0.455. The number of carbonyl (C=O) groups excluding carboxylic acids is 1. The highest BCUT2D eigenvalue weighted by molar-refractivity contribution is 9.10. The molecule has 1 aromatic heterocycles. The van der Waals surface area contributed by atoms with E-state index in [0.717, 1.165) is 0 Å². The molecule has 0 N–H and O–H groups in total. The number of halogens is 6. The summed E-state index contributed by atoms with van der Waals surface area (Å²) < 4.78 is 67.6. The maximum atomic E-state index is 12.9. The molecule has 0 bridgehead atoms. The molecule has 0 aliphatic carbocycles. The van der Waals surface area contributed by atoms with Gasteiger partial charge in [-0.05, 0) is 13.0 Å². The molecule has 0 atom stereocenters. The highest BCUT2D eigenvalue weighted by Gasteiger charge is 2.38. The van der Waals surface area contributed by atoms with E-state index in [-0.39, 0.29) is 6.61 Å². The standard InChI is InChI=1S/C11H9BrF5NO2/c1-2-20-8(19)4-6-9(11(15,16)17)5(12)3-7(18-6)10(13)14/h3,10H,2,4H2,1H3. The molecule has 112 valence electrons. The molecular weight excluding hydrogens is 353 g/mol. The van der Waals surface area contributed by atoms with Crippen molar-refractivity contribution in [1.29, 1.82) is 0 Å². The number of carbonyl (C=O) groups is 1. The minimum Gasteiger partial charge on any atom is -0.466 e. The van der Waals surface area contributed by atoms with Crippen molar-refractivity contribution in [2.24, 2.45) is 0 Å². The van der Waals surface area contributed by atoms with Crippen LogP contribution in [0.15, 0.2) is 10.5 Å². The van der Waals surface area contributed by atoms with Crippen molar-refractivity contribution in [3.05, 3.63) is 27.5 Å². The summed E-state index contributed by atoms with van der Waals surface area (Å²) in [6.45, 7) is 1.44. The van der Waals surface area contributed by atoms with Crippen LogP contribution in [-0.4, -0.2) is 17.6 Å². The van der Waals surface area contributed by atoms with Crippen LogP contribution in [0, 0.1) is 0 Å². The van der Waals surface area contributed by atoms with Crippen LogP contribution in [-0.2, 0) is 22.1 Å². The average molecular weight is 362 g/mol. The summed E-state index contributed by atoms with van der Waals surface area (Å²) in [6.07, 6.45) is -8.70. The van der Waals surface area contributed by atoms with Gasteiger partial charge in [0.25, 0.3) is 6.43 Å². The van der Waals surface area contributed by atoms with Crippen molar-refractivity contribution in [2.75, 3.05) is 6.61 Å². The van der Waals surface area contributed by atoms with Gasteiger partial charge in [-0.1, -0.05) is 15.9 Å². The zero-order valence-electron chi connectivity index (χ0n) is 10.1. The smallest absolute Gasteiger partial charge is 0.419 e. The number of aromatic nitrogens is 1. The van der Waals surface area contributed by atoms with Gasteiger partial charge in [0.2, 0.25) is 0 Å². The van der Waals surface area contributed by atoms with Crippen molar-refractivity contribution in [3.63, 3.8) is 0 Å². The molecule has 3 nitrogen and oxygen atoms in total. The maximum Gasteiger partial charge on any atom is 0.419 e. The minimum absolute atomic E-state index is 0.0319. The Kier molecular flexibility index (Phi) is 5.43. The number of ether oxygens (including phenoxy) is 1. The first kappa shape index (κ1) is 16.8. The second-order valence-electron chi connectivity index (χ2n) is 3.63. The van der Waals surface area contributed by atoms with Crippen molar-refractivity contribution in [3.8, 4) is 0 Å². The number of esters is 1. The Hall–Kier alpha value is -1.25. The summed E-state index contributed by atoms with van der Waals surface area (Å²) >= 11 is 2.59. The topological polar surface area (TPSA) is 39.2 Å². The quantitative estimate of drug-likeness (QED) is 0.602. The van der Waals surface area contributed by atoms with Gasteiger partial charge in [-0.2, -0.15) is 13.2 Å². The van der Waals surface area contributed by atoms with Crippen LogP contribution >= 0.6 is 15.9 Å². The monoisotopic (exact) mass is 361 g/mol. The lowest BCUT2D eigenvalue weighted by Crippen LogP contribution is -2.17. The largest absolute Gasteiger partial charge is 0.466 e. The second-order valence-corrected chi connectivity index (χ2v) is 4.49. The molecule has 1 rings (SSSR count). The normalized spacial score (nSPS) is 11.8. The number of rotatable bonds is 4. The van der Waals surface area contributed by atoms with Crippen LogP contribution in [0.4, 0.5) is 22.0 Å². The van der Waals surface area contributed by atoms with Crippen molar-refractivity contribution in [1.82, 2.24) is 4.98 Å². The Morgan fingerprint density at radius 3 is 2.50 bits per heavy atom. The summed E-state index contributed by atoms with van der Waals surface area (Å²) in [4.78, 5) is 14.5. The van der Waals surface area contributed by atoms with E-state index in [2.05, 4.69) is 25.7 Å². The molecule has 1 aromatic rings. The van der Waals surface area contributed by atoms with E-state index in [0.29, 0.717) is 6.07 Å². The summed E-state index contributed by atoms with van der Waals surface area (Å²) in [5, 5.41) is 0. The van der Waals surface area contributed by atoms with E-state index in [1.165, 1.54) is 6.92 Å². The third kappa shape index (κ3) is 4.12. The molecule has 0 radical (unpaired) electrons. The first-order chi connectivity index (χ1) is 9.16. The zero-order valence-corrected chi connectivity index (χ0v) is 11.7. The third-order valence-electron chi connectivity index (χ3n) is 2.19. The number of alkyl halides is 5. The van der Waals surface area contributed by atoms with Crippen LogP contribution < -0.4 is 0 Å². The predicted molar refractivity (Wildman–Crippen MR) is 62.2 cm³/mol. The molecule has 0 spiro atoms. The fourth-order valence-electron chi connectivity index (χ4n) is 1.47. The average Bonchev–Trinajstić information content (AvgIpc) is 2.26. The Balaban J connectivity index is 3.32. The molecule has 0 aromatic carbocycles. The van der Waals surface area contributed by atoms with E-state index in [9.17, 15) is 26.7 Å². The third-order valence-corrected chi connectivity index (χ3v) is 2.82. The molecule has 0 aliphatic rings. The molecule has 0 aliphatic heterocycles. The zero-order chi connectivity index (χ0) is 15.5. The van der Waals surface area contributed by atoms with Gasteiger partial charge in [0.1, 0.15) is 5.69 Å². The molecule has 0 saturated heterocycles. The molecule has 1 heterocycles. The van der Waals surface area contributed by atoms with Gasteiger partial charge in [0.15, 0.2) is 0 Å². The number of nitrogens with zero attached hydrogens (tertiary/aromatic N) is 1. The lowest BCUT2D eigenvalue weighted by atomic mass is 10.1. The molecule has 9 heteroatoms. The summed E-state index contributed by atoms with van der Waals surface area (Å²) in [5.74, 6) is -0.969. The second kappa shape index (κ2) is 6.47. The van der Waals surface area contributed by atoms with Crippen molar-refractivity contribution in [2.45, 2.75) is 25.9 Å². The Morgan fingerprint density at radius 1 is 1.45 bits per heavy atom. The van der Waals surface area contributed by atoms with Crippen LogP contribution in [0.3, 0.4) is 0 Å². The Bertz CT molecular complexity index is 504. The lowest BCUT2D eigenvalue weighted by Gasteiger charge is -2.15. The van der Waals surface area contributed by atoms with Crippen molar-refractivity contribution < 1.29 is 31.5 Å². The van der Waals surface area contributed by atoms with Gasteiger partial charge in [-0.15, -0.1) is 0 Å². The van der Waals surface area contributed by atoms with E-state index in [4.69, 9.17) is 0 Å². The molecular formula is C11H9BrF5NO2. The van der Waals surface area contributed by atoms with E-state index in [1.54, 1.807) is 0 Å². The van der Waals surface area contributed by atoms with Gasteiger partial charge in [0, 0.05) is 4.47 Å². The predicted octanol–water partition coefficient (Wildman–Crippen LogP) is 3.91. The molecule has 0 saturated carbocycles. The van der Waals surface area contributed by atoms with Gasteiger partial charge < -0.3 is 4.74 Å². The van der Waals surface area contributed by atoms with Crippen LogP contribution in [0.2, 0.25) is 0 Å². The number of hydrogen-bond acceptors (Lipinski definition) is 3. The van der Waals surface area contributed by atoms with Gasteiger partial charge in [-0.3, -0.25) is 9.78 Å². The Morgan fingerprint density at radius 2 is 2.05 bits per heavy atom. The van der Waals surface area contributed by atoms with E-state index >= 15 is 0 Å². The molecule has 20 heavy (non-hydrogen) atoms. The SMILES string of the molecule is CCOC(=O)Cc1nc(C(F)F)cc(Br)c1C(F)(F)F. The molecule has 0 fully saturated rings. The summed E-state index contributed by atoms with van der Waals surface area (Å²) in [5.41, 5.74) is -2.89. The Labute approximate surface area is 119 Å². The number of hydrogen-bond donors (Lipinski definition) is 0. The van der Waals surface area contributed by atoms with Gasteiger partial charge >= 0.3 is 12.1 Å². The highest BCUT2D eigenvalue weighted by atomic mass is 79.9. The van der Waals surface area contributed by atoms with Crippen molar-refractivity contribution >= 4 is 21.9 Å². The van der Waals surface area contributed by atoms with Crippen LogP contribution in [0.1, 0.15) is 30.3 Å². The van der Waals surface area contributed by atoms with Crippen LogP contribution in [0.25, 0.3) is 0 Å². The van der Waals surface area contributed by atoms with Gasteiger partial charge in [0.05, 0.1) is 24.3 Å². The number of pyridine rings is 1. The molecule has 0 unspecified atom stereocenters. The molecule has 0 amide bonds. The van der Waals surface area contributed by atoms with E-state index in [1.807, 2.05) is 0 Å².